The molecule has 0 N–H and O–H groups in total. The highest BCUT2D eigenvalue weighted by molar-refractivity contribution is 5.73. The van der Waals surface area contributed by atoms with E-state index < -0.39 is 0 Å². The molecule has 0 saturated carbocycles. The highest BCUT2D eigenvalue weighted by Crippen LogP contribution is 2.02. The lowest BCUT2D eigenvalue weighted by Gasteiger charge is -2.33. The zero-order valence-electron chi connectivity index (χ0n) is 9.36. The zero-order chi connectivity index (χ0) is 11.3. The van der Waals surface area contributed by atoms with E-state index in [1.165, 1.54) is 7.11 Å². The first kappa shape index (κ1) is 12.0. The number of ether oxygens (including phenoxy) is 1. The van der Waals surface area contributed by atoms with Gasteiger partial charge in [0.15, 0.2) is 0 Å². The molecule has 1 saturated heterocycles. The van der Waals surface area contributed by atoms with Gasteiger partial charge in [0.2, 0.25) is 5.91 Å². The highest BCUT2D eigenvalue weighted by Gasteiger charge is 2.18. The fraction of sp³-hybridized carbons (Fsp3) is 0.800. The molecule has 15 heavy (non-hydrogen) atoms. The molecule has 0 bridgehead atoms. The lowest BCUT2D eigenvalue weighted by Crippen LogP contribution is -2.48. The number of carbonyl (C=O) groups excluding carboxylic acids is 2. The maximum absolute atomic E-state index is 11.1. The van der Waals surface area contributed by atoms with E-state index >= 15 is 0 Å². The molecule has 0 aromatic rings. The number of hydrogen-bond donors (Lipinski definition) is 0. The van der Waals surface area contributed by atoms with Crippen LogP contribution in [0.3, 0.4) is 0 Å². The van der Waals surface area contributed by atoms with E-state index in [2.05, 4.69) is 9.64 Å². The molecular weight excluding hydrogens is 196 g/mol. The van der Waals surface area contributed by atoms with E-state index in [0.29, 0.717) is 6.42 Å². The van der Waals surface area contributed by atoms with Crippen LogP contribution >= 0.6 is 0 Å². The van der Waals surface area contributed by atoms with Gasteiger partial charge in [-0.2, -0.15) is 0 Å². The first-order valence-corrected chi connectivity index (χ1v) is 5.18. The van der Waals surface area contributed by atoms with Gasteiger partial charge in [-0.3, -0.25) is 14.5 Å². The van der Waals surface area contributed by atoms with Crippen molar-refractivity contribution < 1.29 is 14.3 Å². The van der Waals surface area contributed by atoms with Crippen molar-refractivity contribution in [3.8, 4) is 0 Å². The Balaban J connectivity index is 2.20. The zero-order valence-corrected chi connectivity index (χ0v) is 9.36. The number of rotatable bonds is 3. The SMILES string of the molecule is COC(=O)CCN1CCN(C(C)=O)CC1. The molecule has 1 aliphatic rings. The largest absolute Gasteiger partial charge is 0.469 e. The molecule has 0 spiro atoms. The summed E-state index contributed by atoms with van der Waals surface area (Å²) in [5.74, 6) is -0.0494. The Labute approximate surface area is 90.0 Å². The van der Waals surface area contributed by atoms with Crippen LogP contribution in [0.5, 0.6) is 0 Å². The van der Waals surface area contributed by atoms with Gasteiger partial charge in [0.05, 0.1) is 13.5 Å². The Kier molecular flexibility index (Phi) is 4.55. The van der Waals surface area contributed by atoms with Crippen LogP contribution in [0.4, 0.5) is 0 Å². The van der Waals surface area contributed by atoms with Gasteiger partial charge < -0.3 is 9.64 Å². The van der Waals surface area contributed by atoms with Gasteiger partial charge in [-0.05, 0) is 0 Å². The molecular formula is C10H18N2O3. The second-order valence-electron chi connectivity index (χ2n) is 3.67. The third-order valence-electron chi connectivity index (χ3n) is 2.68. The van der Waals surface area contributed by atoms with Crippen molar-refractivity contribution in [3.63, 3.8) is 0 Å². The van der Waals surface area contributed by atoms with Gasteiger partial charge >= 0.3 is 5.97 Å². The van der Waals surface area contributed by atoms with Crippen molar-refractivity contribution in [3.05, 3.63) is 0 Å². The van der Waals surface area contributed by atoms with Crippen molar-refractivity contribution in [1.82, 2.24) is 9.80 Å². The molecule has 0 atom stereocenters. The minimum absolute atomic E-state index is 0.127. The Morgan fingerprint density at radius 2 is 1.80 bits per heavy atom. The van der Waals surface area contributed by atoms with Crippen molar-refractivity contribution in [2.24, 2.45) is 0 Å². The Morgan fingerprint density at radius 3 is 2.27 bits per heavy atom. The molecule has 1 amide bonds. The summed E-state index contributed by atoms with van der Waals surface area (Å²) in [6.07, 6.45) is 0.427. The fourth-order valence-electron chi connectivity index (χ4n) is 1.64. The summed E-state index contributed by atoms with van der Waals surface area (Å²) in [7, 11) is 1.40. The van der Waals surface area contributed by atoms with Crippen LogP contribution in [-0.2, 0) is 14.3 Å². The van der Waals surface area contributed by atoms with E-state index in [9.17, 15) is 9.59 Å². The first-order valence-electron chi connectivity index (χ1n) is 5.18. The van der Waals surface area contributed by atoms with E-state index in [-0.39, 0.29) is 11.9 Å². The molecule has 86 valence electrons. The Morgan fingerprint density at radius 1 is 1.20 bits per heavy atom. The maximum atomic E-state index is 11.1. The molecule has 5 nitrogen and oxygen atoms in total. The molecule has 1 aliphatic heterocycles. The monoisotopic (exact) mass is 214 g/mol. The molecule has 5 heteroatoms. The molecule has 0 aromatic carbocycles. The molecule has 1 fully saturated rings. The Hall–Kier alpha value is -1.10. The van der Waals surface area contributed by atoms with Crippen LogP contribution in [0.2, 0.25) is 0 Å². The topological polar surface area (TPSA) is 49.9 Å². The summed E-state index contributed by atoms with van der Waals surface area (Å²) in [5, 5.41) is 0. The van der Waals surface area contributed by atoms with E-state index in [4.69, 9.17) is 0 Å². The van der Waals surface area contributed by atoms with Gasteiger partial charge in [0.25, 0.3) is 0 Å². The van der Waals surface area contributed by atoms with Crippen molar-refractivity contribution in [2.75, 3.05) is 39.8 Å². The molecule has 0 aromatic heterocycles. The maximum Gasteiger partial charge on any atom is 0.306 e. The number of carbonyl (C=O) groups is 2. The van der Waals surface area contributed by atoms with Crippen LogP contribution in [0.25, 0.3) is 0 Å². The minimum Gasteiger partial charge on any atom is -0.469 e. The lowest BCUT2D eigenvalue weighted by atomic mass is 10.3. The van der Waals surface area contributed by atoms with Crippen LogP contribution in [0.1, 0.15) is 13.3 Å². The summed E-state index contributed by atoms with van der Waals surface area (Å²) in [4.78, 5) is 26.0. The molecule has 0 radical (unpaired) electrons. The summed E-state index contributed by atoms with van der Waals surface area (Å²) < 4.78 is 4.57. The van der Waals surface area contributed by atoms with Crippen LogP contribution in [-0.4, -0.2) is 61.5 Å². The van der Waals surface area contributed by atoms with Crippen molar-refractivity contribution >= 4 is 11.9 Å². The average molecular weight is 214 g/mol. The molecule has 1 rings (SSSR count). The minimum atomic E-state index is -0.177. The van der Waals surface area contributed by atoms with Gasteiger partial charge in [-0.15, -0.1) is 0 Å². The lowest BCUT2D eigenvalue weighted by molar-refractivity contribution is -0.141. The number of piperazine rings is 1. The summed E-state index contributed by atoms with van der Waals surface area (Å²) >= 11 is 0. The number of hydrogen-bond acceptors (Lipinski definition) is 4. The quantitative estimate of drug-likeness (QED) is 0.606. The third-order valence-corrected chi connectivity index (χ3v) is 2.68. The third kappa shape index (κ3) is 3.87. The van der Waals surface area contributed by atoms with Gasteiger partial charge in [0, 0.05) is 39.6 Å². The van der Waals surface area contributed by atoms with Gasteiger partial charge in [-0.1, -0.05) is 0 Å². The average Bonchev–Trinajstić information content (AvgIpc) is 2.26. The normalized spacial score (nSPS) is 17.6. The van der Waals surface area contributed by atoms with E-state index in [1.54, 1.807) is 6.92 Å². The number of nitrogens with zero attached hydrogens (tertiary/aromatic N) is 2. The summed E-state index contributed by atoms with van der Waals surface area (Å²) in [6, 6.07) is 0. The number of amides is 1. The van der Waals surface area contributed by atoms with Crippen LogP contribution in [0.15, 0.2) is 0 Å². The standard InChI is InChI=1S/C10H18N2O3/c1-9(13)12-7-5-11(6-8-12)4-3-10(14)15-2/h3-8H2,1-2H3. The predicted molar refractivity (Wildman–Crippen MR) is 55.3 cm³/mol. The predicted octanol–water partition coefficient (Wildman–Crippen LogP) is -0.286. The summed E-state index contributed by atoms with van der Waals surface area (Å²) in [5.41, 5.74) is 0. The van der Waals surface area contributed by atoms with Gasteiger partial charge in [0.1, 0.15) is 0 Å². The smallest absolute Gasteiger partial charge is 0.306 e. The van der Waals surface area contributed by atoms with Crippen molar-refractivity contribution in [1.29, 1.82) is 0 Å². The van der Waals surface area contributed by atoms with E-state index in [1.807, 2.05) is 4.90 Å². The summed E-state index contributed by atoms with van der Waals surface area (Å²) in [6.45, 7) is 5.52. The second kappa shape index (κ2) is 5.70. The van der Waals surface area contributed by atoms with Gasteiger partial charge in [-0.25, -0.2) is 0 Å². The fourth-order valence-corrected chi connectivity index (χ4v) is 1.64. The highest BCUT2D eigenvalue weighted by atomic mass is 16.5. The van der Waals surface area contributed by atoms with E-state index in [0.717, 1.165) is 32.7 Å². The Bertz CT molecular complexity index is 235. The molecule has 0 aliphatic carbocycles. The molecule has 0 unspecified atom stereocenters. The first-order chi connectivity index (χ1) is 7.13. The van der Waals surface area contributed by atoms with Crippen LogP contribution < -0.4 is 0 Å². The van der Waals surface area contributed by atoms with Crippen molar-refractivity contribution in [2.45, 2.75) is 13.3 Å². The second-order valence-corrected chi connectivity index (χ2v) is 3.67. The van der Waals surface area contributed by atoms with Crippen LogP contribution in [0, 0.1) is 0 Å². The number of methoxy groups -OCH3 is 1. The number of esters is 1. The molecule has 1 heterocycles.